The van der Waals surface area contributed by atoms with Gasteiger partial charge in [-0.2, -0.15) is 0 Å². The molecule has 0 radical (unpaired) electrons. The lowest BCUT2D eigenvalue weighted by atomic mass is 9.75. The Balaban J connectivity index is 0.931. The van der Waals surface area contributed by atoms with E-state index < -0.39 is 223 Å². The second-order valence-electron chi connectivity index (χ2n) is 25.6. The molecule has 2 saturated carbocycles. The van der Waals surface area contributed by atoms with E-state index in [4.69, 9.17) is 44.7 Å². The van der Waals surface area contributed by atoms with Gasteiger partial charge in [0.25, 0.3) is 5.91 Å². The standard InChI is InChI=1S/C62H86F6N10O20/c1-5-8-39(59(91)76-11-7-12-76)93-56-46(73-26(4)81)60(96-43(24-80)51(56)85)95-41-20-30(13-27(6-2)55(41)98-62-54(88)53(87)48(82)25(3)92-62)57(89)71-9-10-72-58(90)31-18-38(78-22-37(74-75-78)29-16-34(65)45(68)35(66)17-29)49(83)40(19-31)94-61-52(86)47(50(84)42(23-79)97-61)77(70)21-36(69)28-14-32(63)44(67)33(64)15-28/h14-17,21-22,25,27,30-31,38-43,46-56,60-62,79-80,82-88H,5-13,18-20,23-24,69-70H2,1-4H3,(H,71,89)(H,72,90)(H,73,81)/b36-21-/t25?,27?,30?,31?,38?,39-,40+,41+,42?,43?,46?,47?,48+,49?,50-,51-,52?,53?,54?,55+,56?,60+,61+,62-/m0/s1. The molecule has 14 unspecified atom stereocenters. The number of hydrogen-bond acceptors (Lipinski definition) is 25. The molecule has 4 saturated heterocycles. The highest BCUT2D eigenvalue weighted by Gasteiger charge is 2.55. The molecule has 546 valence electrons. The summed E-state index contributed by atoms with van der Waals surface area (Å²) in [6.45, 7) is 5.01. The summed E-state index contributed by atoms with van der Waals surface area (Å²) in [6, 6.07) is -2.00. The van der Waals surface area contributed by atoms with Crippen molar-refractivity contribution in [2.24, 2.45) is 29.3 Å². The van der Waals surface area contributed by atoms with Gasteiger partial charge in [0.15, 0.2) is 53.8 Å². The molecule has 2 aromatic carbocycles. The Labute approximate surface area is 558 Å². The van der Waals surface area contributed by atoms with Crippen LogP contribution in [0.2, 0.25) is 0 Å². The lowest BCUT2D eigenvalue weighted by molar-refractivity contribution is -0.338. The minimum atomic E-state index is -2.03. The van der Waals surface area contributed by atoms with Gasteiger partial charge in [0.2, 0.25) is 17.7 Å². The molecule has 0 bridgehead atoms. The van der Waals surface area contributed by atoms with Crippen LogP contribution in [0.25, 0.3) is 17.0 Å². The van der Waals surface area contributed by atoms with E-state index in [0.717, 1.165) is 23.5 Å². The Kier molecular flexibility index (Phi) is 25.6. The quantitative estimate of drug-likeness (QED) is 0.0144. The van der Waals surface area contributed by atoms with Gasteiger partial charge >= 0.3 is 0 Å². The van der Waals surface area contributed by atoms with Crippen molar-refractivity contribution in [1.29, 1.82) is 0 Å². The van der Waals surface area contributed by atoms with E-state index in [0.29, 0.717) is 48.8 Å². The number of nitrogens with two attached hydrogens (primary N) is 2. The van der Waals surface area contributed by atoms with Gasteiger partial charge in [-0.3, -0.25) is 19.2 Å². The third-order valence-electron chi connectivity index (χ3n) is 18.9. The number of aliphatic hydroxyl groups excluding tert-OH is 9. The molecule has 4 amide bonds. The molecule has 24 atom stereocenters. The molecule has 9 rings (SSSR count). The van der Waals surface area contributed by atoms with Crippen molar-refractivity contribution in [2.45, 2.75) is 208 Å². The highest BCUT2D eigenvalue weighted by Crippen LogP contribution is 2.42. The van der Waals surface area contributed by atoms with Crippen LogP contribution in [0.3, 0.4) is 0 Å². The van der Waals surface area contributed by atoms with Crippen molar-refractivity contribution in [1.82, 2.24) is 40.9 Å². The summed E-state index contributed by atoms with van der Waals surface area (Å²) >= 11 is 0. The average Bonchev–Trinajstić information content (AvgIpc) is 0.945. The highest BCUT2D eigenvalue weighted by atomic mass is 19.2. The van der Waals surface area contributed by atoms with Crippen LogP contribution < -0.4 is 27.5 Å². The molecule has 2 aliphatic carbocycles. The van der Waals surface area contributed by atoms with Crippen molar-refractivity contribution >= 4 is 29.3 Å². The van der Waals surface area contributed by atoms with Gasteiger partial charge in [0, 0.05) is 62.3 Å². The molecule has 30 nitrogen and oxygen atoms in total. The highest BCUT2D eigenvalue weighted by molar-refractivity contribution is 5.82. The van der Waals surface area contributed by atoms with E-state index >= 15 is 0 Å². The largest absolute Gasteiger partial charge is 0.397 e. The first-order valence-electron chi connectivity index (χ1n) is 32.5. The number of rotatable bonds is 25. The summed E-state index contributed by atoms with van der Waals surface area (Å²) in [5.74, 6) is -8.59. The van der Waals surface area contributed by atoms with Crippen LogP contribution in [0.4, 0.5) is 26.3 Å². The number of benzene rings is 2. The van der Waals surface area contributed by atoms with Crippen molar-refractivity contribution in [3.8, 4) is 11.3 Å². The van der Waals surface area contributed by atoms with Gasteiger partial charge in [-0.25, -0.2) is 36.9 Å². The Morgan fingerprint density at radius 1 is 0.714 bits per heavy atom. The van der Waals surface area contributed by atoms with E-state index in [1.807, 2.05) is 6.92 Å². The number of carbonyl (C=O) groups is 4. The minimum Gasteiger partial charge on any atom is -0.397 e. The van der Waals surface area contributed by atoms with E-state index in [9.17, 15) is 91.5 Å². The monoisotopic (exact) mass is 1400 g/mol. The second-order valence-corrected chi connectivity index (χ2v) is 25.6. The lowest BCUT2D eigenvalue weighted by Crippen LogP contribution is -2.67. The number of carbonyl (C=O) groups excluding carboxylic acids is 4. The fourth-order valence-electron chi connectivity index (χ4n) is 13.4. The SMILES string of the molecule is CCC[C@H](OC1C(NC(C)=O)[C@H](O[C@@H]2CC(C(=O)NCCNC(=O)C3CC(n4cc(-c5cc(F)c(F)c(F)c5)nn4)C(O)[C@H](O[C@@H]4OC(CO)[C@H](O)C(N(N)/C=C(\N)c5cc(F)c(F)c(F)c5)C4O)C3)CC(CC)[C@H]2O[C@@H]2OC(C)[C@@H](O)C(O)C2O)OC(CO)[C@@H]1O)C(=O)N1CCC1. The molecular formula is C62H86F6N10O20. The van der Waals surface area contributed by atoms with Crippen molar-refractivity contribution in [3.05, 3.63) is 77.1 Å². The van der Waals surface area contributed by atoms with Gasteiger partial charge in [-0.15, -0.1) is 5.10 Å². The molecule has 98 heavy (non-hydrogen) atoms. The van der Waals surface area contributed by atoms with E-state index in [1.54, 1.807) is 11.8 Å². The summed E-state index contributed by atoms with van der Waals surface area (Å²) in [4.78, 5) is 57.2. The van der Waals surface area contributed by atoms with Gasteiger partial charge in [-0.1, -0.05) is 31.9 Å². The number of aliphatic hydroxyl groups is 9. The topological polar surface area (TPSA) is 440 Å². The third-order valence-corrected chi connectivity index (χ3v) is 18.9. The second kappa shape index (κ2) is 33.0. The predicted molar refractivity (Wildman–Crippen MR) is 323 cm³/mol. The molecule has 36 heteroatoms. The van der Waals surface area contributed by atoms with Crippen LogP contribution in [-0.2, 0) is 52.3 Å². The summed E-state index contributed by atoms with van der Waals surface area (Å²) in [7, 11) is 0. The van der Waals surface area contributed by atoms with Crippen LogP contribution in [0.5, 0.6) is 0 Å². The first-order chi connectivity index (χ1) is 46.6. The number of hydrazine groups is 1. The number of halogens is 6. The zero-order chi connectivity index (χ0) is 71.3. The molecule has 1 aromatic heterocycles. The van der Waals surface area contributed by atoms with Crippen molar-refractivity contribution < 1.29 is 125 Å². The zero-order valence-corrected chi connectivity index (χ0v) is 53.9. The molecule has 0 spiro atoms. The predicted octanol–water partition coefficient (Wildman–Crippen LogP) is -1.95. The number of likely N-dealkylation sites (tertiary alicyclic amines) is 1. The number of nitrogens with zero attached hydrogens (tertiary/aromatic N) is 5. The van der Waals surface area contributed by atoms with Crippen LogP contribution in [-0.4, -0.2) is 256 Å². The van der Waals surface area contributed by atoms with E-state index in [-0.39, 0.29) is 68.8 Å². The molecule has 4 aliphatic heterocycles. The van der Waals surface area contributed by atoms with E-state index in [2.05, 4.69) is 26.3 Å². The summed E-state index contributed by atoms with van der Waals surface area (Å²) in [5, 5.41) is 117. The number of amides is 4. The van der Waals surface area contributed by atoms with Gasteiger partial charge in [-0.05, 0) is 75.6 Å². The normalized spacial score (nSPS) is 34.9. The van der Waals surface area contributed by atoms with Crippen molar-refractivity contribution in [3.63, 3.8) is 0 Å². The number of aromatic nitrogens is 3. The molecular weight excluding hydrogens is 1320 g/mol. The Morgan fingerprint density at radius 2 is 1.29 bits per heavy atom. The number of hydrogen-bond donors (Lipinski definition) is 14. The summed E-state index contributed by atoms with van der Waals surface area (Å²) in [5.41, 5.74) is 4.68. The molecule has 6 aliphatic rings. The smallest absolute Gasteiger partial charge is 0.251 e. The molecule has 5 heterocycles. The maximum absolute atomic E-state index is 14.5. The fourth-order valence-corrected chi connectivity index (χ4v) is 13.4. The van der Waals surface area contributed by atoms with Crippen LogP contribution in [0.1, 0.15) is 90.7 Å². The van der Waals surface area contributed by atoms with Gasteiger partial charge in [0.1, 0.15) is 84.9 Å². The average molecular weight is 1410 g/mol. The molecule has 16 N–H and O–H groups in total. The summed E-state index contributed by atoms with van der Waals surface area (Å²) < 4.78 is 130. The fraction of sp³-hybridized carbons (Fsp3) is 0.677. The first kappa shape index (κ1) is 75.9. The van der Waals surface area contributed by atoms with Crippen LogP contribution in [0, 0.1) is 52.7 Å². The molecule has 3 aromatic rings. The third kappa shape index (κ3) is 16.8. The Morgan fingerprint density at radius 3 is 1.87 bits per heavy atom. The maximum Gasteiger partial charge on any atom is 0.251 e. The zero-order valence-electron chi connectivity index (χ0n) is 53.9. The van der Waals surface area contributed by atoms with Gasteiger partial charge < -0.3 is 111 Å². The van der Waals surface area contributed by atoms with Crippen LogP contribution in [0.15, 0.2) is 36.7 Å². The Bertz CT molecular complexity index is 3230. The lowest BCUT2D eigenvalue weighted by Gasteiger charge is -2.49. The molecule has 6 fully saturated rings. The maximum atomic E-state index is 14.5. The minimum absolute atomic E-state index is 0.0946. The number of nitrogens with one attached hydrogen (secondary N) is 3. The van der Waals surface area contributed by atoms with Gasteiger partial charge in [0.05, 0.1) is 55.6 Å². The van der Waals surface area contributed by atoms with Crippen LogP contribution >= 0.6 is 0 Å². The van der Waals surface area contributed by atoms with E-state index in [1.165, 1.54) is 13.8 Å². The summed E-state index contributed by atoms with van der Waals surface area (Å²) in [6.07, 6.45) is -24.8. The Hall–Kier alpha value is -6.30. The first-order valence-corrected chi connectivity index (χ1v) is 32.5. The van der Waals surface area contributed by atoms with Crippen molar-refractivity contribution in [2.75, 3.05) is 39.4 Å². The number of ether oxygens (including phenoxy) is 7.